The number of hydrogen-bond donors (Lipinski definition) is 1. The Kier molecular flexibility index (Phi) is 8.01. The number of halogens is 4. The minimum atomic E-state index is -5.07. The second-order valence-corrected chi connectivity index (χ2v) is 10.4. The van der Waals surface area contributed by atoms with Gasteiger partial charge >= 0.3 is 6.18 Å². The monoisotopic (exact) mass is 591 g/mol. The molecule has 2 fully saturated rings. The number of aromatic nitrogens is 3. The fourth-order valence-corrected chi connectivity index (χ4v) is 5.76. The predicted octanol–water partition coefficient (Wildman–Crippen LogP) is 3.20. The lowest BCUT2D eigenvalue weighted by Crippen LogP contribution is -2.60. The van der Waals surface area contributed by atoms with Crippen LogP contribution in [-0.2, 0) is 11.0 Å². The lowest BCUT2D eigenvalue weighted by atomic mass is 10.1. The quantitative estimate of drug-likeness (QED) is 0.388. The molecule has 0 saturated carbocycles. The first-order valence-corrected chi connectivity index (χ1v) is 13.9. The van der Waals surface area contributed by atoms with E-state index in [0.717, 1.165) is 25.2 Å². The first kappa shape index (κ1) is 29.5. The van der Waals surface area contributed by atoms with Gasteiger partial charge in [-0.1, -0.05) is 26.5 Å². The summed E-state index contributed by atoms with van der Waals surface area (Å²) in [5, 5.41) is 10.2. The zero-order valence-electron chi connectivity index (χ0n) is 23.4. The van der Waals surface area contributed by atoms with Gasteiger partial charge in [0.15, 0.2) is 0 Å². The number of nitrogens with zero attached hydrogens (tertiary/aromatic N) is 7. The number of piperazine rings is 1. The molecule has 1 unspecified atom stereocenters. The first-order chi connectivity index (χ1) is 20.0. The molecule has 2 aromatic heterocycles. The van der Waals surface area contributed by atoms with Gasteiger partial charge in [-0.3, -0.25) is 19.1 Å². The van der Waals surface area contributed by atoms with Crippen LogP contribution in [-0.4, -0.2) is 99.9 Å². The number of allylic oxidation sites excluding steroid dienone is 3. The van der Waals surface area contributed by atoms with Crippen molar-refractivity contribution in [1.29, 1.82) is 0 Å². The highest BCUT2D eigenvalue weighted by Gasteiger charge is 2.40. The Hall–Kier alpha value is -3.94. The zero-order chi connectivity index (χ0) is 30.3. The van der Waals surface area contributed by atoms with Gasteiger partial charge in [0, 0.05) is 51.7 Å². The van der Waals surface area contributed by atoms with E-state index in [0.29, 0.717) is 13.1 Å². The van der Waals surface area contributed by atoms with E-state index in [1.807, 2.05) is 4.90 Å². The van der Waals surface area contributed by atoms with E-state index in [1.54, 1.807) is 9.80 Å². The van der Waals surface area contributed by atoms with Gasteiger partial charge in [-0.05, 0) is 31.3 Å². The van der Waals surface area contributed by atoms with Crippen molar-refractivity contribution >= 4 is 34.3 Å². The highest BCUT2D eigenvalue weighted by Crippen LogP contribution is 2.37. The number of aliphatic hydroxyl groups excluding tert-OH is 1. The average molecular weight is 592 g/mol. The third-order valence-corrected chi connectivity index (χ3v) is 8.09. The Morgan fingerprint density at radius 2 is 1.81 bits per heavy atom. The minimum Gasteiger partial charge on any atom is -0.506 e. The molecular weight excluding hydrogens is 558 g/mol. The summed E-state index contributed by atoms with van der Waals surface area (Å²) in [7, 11) is 0. The molecule has 5 rings (SSSR count). The van der Waals surface area contributed by atoms with Crippen molar-refractivity contribution in [1.82, 2.24) is 24.3 Å². The van der Waals surface area contributed by atoms with Gasteiger partial charge in [0.25, 0.3) is 5.56 Å². The second-order valence-electron chi connectivity index (χ2n) is 10.4. The lowest BCUT2D eigenvalue weighted by molar-refractivity contribution is -0.142. The number of amides is 1. The number of likely N-dealkylation sites (N-methyl/N-ethyl adjacent to an activating group) is 1. The summed E-state index contributed by atoms with van der Waals surface area (Å²) < 4.78 is 58.5. The van der Waals surface area contributed by atoms with E-state index in [2.05, 4.69) is 35.3 Å². The van der Waals surface area contributed by atoms with E-state index < -0.39 is 35.1 Å². The van der Waals surface area contributed by atoms with Gasteiger partial charge < -0.3 is 19.8 Å². The summed E-state index contributed by atoms with van der Waals surface area (Å²) in [4.78, 5) is 42.5. The normalized spacial score (nSPS) is 20.1. The first-order valence-electron chi connectivity index (χ1n) is 13.9. The zero-order valence-corrected chi connectivity index (χ0v) is 23.4. The number of fused-ring (bicyclic) bond motifs is 1. The van der Waals surface area contributed by atoms with E-state index in [-0.39, 0.29) is 71.8 Å². The third-order valence-electron chi connectivity index (χ3n) is 8.09. The molecule has 1 atom stereocenters. The molecular formula is C28H33F4N7O3. The largest absolute Gasteiger partial charge is 0.506 e. The molecule has 4 heterocycles. The molecule has 1 aliphatic carbocycles. The number of aliphatic hydroxyl groups is 1. The summed E-state index contributed by atoms with van der Waals surface area (Å²) in [5.74, 6) is -0.723. The molecule has 226 valence electrons. The Morgan fingerprint density at radius 3 is 2.38 bits per heavy atom. The van der Waals surface area contributed by atoms with E-state index in [9.17, 15) is 27.9 Å². The van der Waals surface area contributed by atoms with Crippen LogP contribution in [0.1, 0.15) is 26.0 Å². The van der Waals surface area contributed by atoms with Crippen LogP contribution in [0.4, 0.5) is 29.3 Å². The maximum atomic E-state index is 15.0. The molecule has 0 bridgehead atoms. The number of anilines is 2. The molecule has 14 heteroatoms. The Bertz CT molecular complexity index is 1500. The molecule has 3 aliphatic rings. The van der Waals surface area contributed by atoms with Crippen LogP contribution >= 0.6 is 0 Å². The van der Waals surface area contributed by atoms with Gasteiger partial charge in [-0.25, -0.2) is 9.37 Å². The van der Waals surface area contributed by atoms with Crippen molar-refractivity contribution in [3.63, 3.8) is 0 Å². The Labute approximate surface area is 239 Å². The van der Waals surface area contributed by atoms with Crippen molar-refractivity contribution in [2.45, 2.75) is 38.7 Å². The number of hydrogen-bond acceptors (Lipinski definition) is 8. The van der Waals surface area contributed by atoms with E-state index in [1.165, 1.54) is 12.2 Å². The van der Waals surface area contributed by atoms with Crippen LogP contribution in [0.2, 0.25) is 0 Å². The maximum Gasteiger partial charge on any atom is 0.431 e. The maximum absolute atomic E-state index is 15.0. The highest BCUT2D eigenvalue weighted by atomic mass is 19.4. The average Bonchev–Trinajstić information content (AvgIpc) is 2.94. The summed E-state index contributed by atoms with van der Waals surface area (Å²) >= 11 is 0. The fourth-order valence-electron chi connectivity index (χ4n) is 5.76. The van der Waals surface area contributed by atoms with E-state index >= 15 is 4.39 Å². The van der Waals surface area contributed by atoms with Crippen LogP contribution in [0, 0.1) is 0 Å². The Morgan fingerprint density at radius 1 is 1.14 bits per heavy atom. The Balaban J connectivity index is 1.68. The molecule has 2 aliphatic heterocycles. The van der Waals surface area contributed by atoms with Gasteiger partial charge in [0.2, 0.25) is 11.9 Å². The standard InChI is InChI=1S/C28H33F4N7O3/c1-4-22(41)36-10-12-37(13-11-36)25-18-14-21(28(30,31)32)39(24-19(29)8-7-9-20(24)40)26(42)23(18)33-27(34-25)38-15-17(16-38)35(5-2)6-3/h4,7,9,14,17,19,40H,1,5-6,8,10-13,15-16H2,2-3H3. The third kappa shape index (κ3) is 5.23. The highest BCUT2D eigenvalue weighted by molar-refractivity contribution is 5.92. The molecule has 0 aromatic carbocycles. The molecule has 0 spiro atoms. The van der Waals surface area contributed by atoms with Crippen LogP contribution in [0.15, 0.2) is 41.4 Å². The SMILES string of the molecule is C=CC(=O)N1CCN(c2nc(N3CC(N(CC)CC)C3)nc3c(=O)n(C4=C(O)C=CCC4F)c(C(F)(F)F)cc23)CC1. The van der Waals surface area contributed by atoms with Gasteiger partial charge in [-0.2, -0.15) is 18.2 Å². The van der Waals surface area contributed by atoms with Crippen molar-refractivity contribution in [3.8, 4) is 0 Å². The summed E-state index contributed by atoms with van der Waals surface area (Å²) in [6.07, 6.45) is -3.83. The summed E-state index contributed by atoms with van der Waals surface area (Å²) in [5.41, 5.74) is -3.74. The van der Waals surface area contributed by atoms with Gasteiger partial charge in [0.1, 0.15) is 34.7 Å². The van der Waals surface area contributed by atoms with Gasteiger partial charge in [0.05, 0.1) is 5.39 Å². The molecule has 2 aromatic rings. The number of pyridine rings is 1. The molecule has 0 radical (unpaired) electrons. The molecule has 10 nitrogen and oxygen atoms in total. The topological polar surface area (TPSA) is 98.0 Å². The van der Waals surface area contributed by atoms with Crippen LogP contribution < -0.4 is 15.4 Å². The van der Waals surface area contributed by atoms with Crippen molar-refractivity contribution in [2.75, 3.05) is 62.2 Å². The van der Waals surface area contributed by atoms with E-state index in [4.69, 9.17) is 0 Å². The smallest absolute Gasteiger partial charge is 0.431 e. The molecule has 2 saturated heterocycles. The number of rotatable bonds is 7. The summed E-state index contributed by atoms with van der Waals surface area (Å²) in [6, 6.07) is 0.973. The van der Waals surface area contributed by atoms with Crippen LogP contribution in [0.25, 0.3) is 16.6 Å². The summed E-state index contributed by atoms with van der Waals surface area (Å²) in [6.45, 7) is 11.5. The van der Waals surface area contributed by atoms with Crippen molar-refractivity contribution in [2.24, 2.45) is 0 Å². The van der Waals surface area contributed by atoms with Crippen molar-refractivity contribution < 1.29 is 27.5 Å². The van der Waals surface area contributed by atoms with Gasteiger partial charge in [-0.15, -0.1) is 0 Å². The fraction of sp³-hybridized carbons (Fsp3) is 0.500. The number of carbonyl (C=O) groups is 1. The predicted molar refractivity (Wildman–Crippen MR) is 151 cm³/mol. The molecule has 1 N–H and O–H groups in total. The lowest BCUT2D eigenvalue weighted by Gasteiger charge is -2.45. The minimum absolute atomic E-state index is 0.125. The molecule has 1 amide bonds. The number of carbonyl (C=O) groups excluding carboxylic acids is 1. The number of alkyl halides is 4. The molecule has 42 heavy (non-hydrogen) atoms. The van der Waals surface area contributed by atoms with Crippen LogP contribution in [0.3, 0.4) is 0 Å². The second kappa shape index (κ2) is 11.4. The van der Waals surface area contributed by atoms with Crippen molar-refractivity contribution in [3.05, 3.63) is 52.7 Å². The van der Waals surface area contributed by atoms with Crippen LogP contribution in [0.5, 0.6) is 0 Å².